The molecule has 1 heterocycles. The van der Waals surface area contributed by atoms with Gasteiger partial charge in [-0.25, -0.2) is 0 Å². The van der Waals surface area contributed by atoms with Crippen molar-refractivity contribution in [3.05, 3.63) is 59.5 Å². The van der Waals surface area contributed by atoms with Gasteiger partial charge in [-0.15, -0.1) is 0 Å². The molecule has 2 N–H and O–H groups in total. The Bertz CT molecular complexity index is 549. The summed E-state index contributed by atoms with van der Waals surface area (Å²) in [5, 5.41) is 12.8. The lowest BCUT2D eigenvalue weighted by Crippen LogP contribution is -2.28. The number of furan rings is 1. The van der Waals surface area contributed by atoms with E-state index in [1.54, 1.807) is 12.3 Å². The molecule has 4 nitrogen and oxygen atoms in total. The zero-order valence-electron chi connectivity index (χ0n) is 11.5. The fourth-order valence-electron chi connectivity index (χ4n) is 2.06. The van der Waals surface area contributed by atoms with Gasteiger partial charge in [0.25, 0.3) is 0 Å². The Morgan fingerprint density at radius 1 is 1.30 bits per heavy atom. The summed E-state index contributed by atoms with van der Waals surface area (Å²) in [6, 6.07) is 11.3. The van der Waals surface area contributed by atoms with E-state index in [1.165, 1.54) is 0 Å². The summed E-state index contributed by atoms with van der Waals surface area (Å²) in [5.41, 5.74) is 1.86. The maximum Gasteiger partial charge on any atom is 0.220 e. The van der Waals surface area contributed by atoms with Crippen molar-refractivity contribution in [3.8, 4) is 0 Å². The number of nitrogens with one attached hydrogen (secondary N) is 1. The van der Waals surface area contributed by atoms with Gasteiger partial charge in [-0.05, 0) is 30.2 Å². The van der Waals surface area contributed by atoms with Crippen molar-refractivity contribution in [2.24, 2.45) is 0 Å². The Morgan fingerprint density at radius 2 is 2.10 bits per heavy atom. The van der Waals surface area contributed by atoms with Crippen LogP contribution in [0.15, 0.2) is 47.1 Å². The minimum absolute atomic E-state index is 0.0889. The maximum atomic E-state index is 11.7. The van der Waals surface area contributed by atoms with E-state index in [9.17, 15) is 9.90 Å². The SMILES string of the molecule is Cc1ccccc1C(O)CNC(=O)CCc1ccco1. The van der Waals surface area contributed by atoms with Crippen molar-refractivity contribution < 1.29 is 14.3 Å². The summed E-state index contributed by atoms with van der Waals surface area (Å²) in [6.45, 7) is 2.17. The van der Waals surface area contributed by atoms with Gasteiger partial charge in [-0.1, -0.05) is 24.3 Å². The van der Waals surface area contributed by atoms with Crippen LogP contribution in [0.1, 0.15) is 29.4 Å². The fraction of sp³-hybridized carbons (Fsp3) is 0.312. The predicted molar refractivity (Wildman–Crippen MR) is 76.2 cm³/mol. The maximum absolute atomic E-state index is 11.7. The van der Waals surface area contributed by atoms with Gasteiger partial charge < -0.3 is 14.8 Å². The number of aryl methyl sites for hydroxylation is 2. The summed E-state index contributed by atoms with van der Waals surface area (Å²) < 4.78 is 5.17. The van der Waals surface area contributed by atoms with Crippen LogP contribution in [0.4, 0.5) is 0 Å². The summed E-state index contributed by atoms with van der Waals surface area (Å²) in [6.07, 6.45) is 1.84. The molecule has 1 aromatic carbocycles. The fourth-order valence-corrected chi connectivity index (χ4v) is 2.06. The molecule has 0 spiro atoms. The number of amides is 1. The van der Waals surface area contributed by atoms with Crippen LogP contribution in [0, 0.1) is 6.92 Å². The Hall–Kier alpha value is -2.07. The Kier molecular flexibility index (Phi) is 4.96. The van der Waals surface area contributed by atoms with Crippen molar-refractivity contribution in [1.29, 1.82) is 0 Å². The molecule has 0 saturated heterocycles. The van der Waals surface area contributed by atoms with E-state index in [0.29, 0.717) is 12.8 Å². The molecule has 0 radical (unpaired) electrons. The number of benzene rings is 1. The van der Waals surface area contributed by atoms with Crippen LogP contribution in [-0.2, 0) is 11.2 Å². The molecule has 2 aromatic rings. The molecular formula is C16H19NO3. The number of carbonyl (C=O) groups is 1. The Morgan fingerprint density at radius 3 is 2.80 bits per heavy atom. The van der Waals surface area contributed by atoms with Crippen molar-refractivity contribution in [2.75, 3.05) is 6.54 Å². The number of aliphatic hydroxyl groups excluding tert-OH is 1. The van der Waals surface area contributed by atoms with Crippen LogP contribution in [0.25, 0.3) is 0 Å². The van der Waals surface area contributed by atoms with Crippen LogP contribution in [0.3, 0.4) is 0 Å². The number of hydrogen-bond acceptors (Lipinski definition) is 3. The van der Waals surface area contributed by atoms with Gasteiger partial charge in [0.2, 0.25) is 5.91 Å². The first-order chi connectivity index (χ1) is 9.66. The van der Waals surface area contributed by atoms with Crippen molar-refractivity contribution in [3.63, 3.8) is 0 Å². The second-order valence-electron chi connectivity index (χ2n) is 4.76. The monoisotopic (exact) mass is 273 g/mol. The predicted octanol–water partition coefficient (Wildman–Crippen LogP) is 2.37. The number of aliphatic hydroxyl groups is 1. The lowest BCUT2D eigenvalue weighted by atomic mass is 10.0. The van der Waals surface area contributed by atoms with Gasteiger partial charge in [0.1, 0.15) is 5.76 Å². The molecule has 0 bridgehead atoms. The average Bonchev–Trinajstić information content (AvgIpc) is 2.96. The molecule has 20 heavy (non-hydrogen) atoms. The van der Waals surface area contributed by atoms with E-state index in [2.05, 4.69) is 5.32 Å². The lowest BCUT2D eigenvalue weighted by molar-refractivity contribution is -0.121. The van der Waals surface area contributed by atoms with Crippen molar-refractivity contribution >= 4 is 5.91 Å². The van der Waals surface area contributed by atoms with E-state index in [1.807, 2.05) is 37.3 Å². The van der Waals surface area contributed by atoms with Crippen LogP contribution in [0.2, 0.25) is 0 Å². The molecular weight excluding hydrogens is 254 g/mol. The molecule has 1 amide bonds. The van der Waals surface area contributed by atoms with Gasteiger partial charge in [0.05, 0.1) is 12.4 Å². The zero-order chi connectivity index (χ0) is 14.4. The summed E-state index contributed by atoms with van der Waals surface area (Å²) in [4.78, 5) is 11.7. The van der Waals surface area contributed by atoms with Gasteiger partial charge in [0, 0.05) is 19.4 Å². The van der Waals surface area contributed by atoms with Crippen LogP contribution in [-0.4, -0.2) is 17.6 Å². The normalized spacial score (nSPS) is 12.1. The molecule has 2 rings (SSSR count). The molecule has 0 fully saturated rings. The quantitative estimate of drug-likeness (QED) is 0.849. The van der Waals surface area contributed by atoms with E-state index in [-0.39, 0.29) is 12.5 Å². The summed E-state index contributed by atoms with van der Waals surface area (Å²) >= 11 is 0. The molecule has 106 valence electrons. The molecule has 1 aromatic heterocycles. The number of rotatable bonds is 6. The molecule has 4 heteroatoms. The highest BCUT2D eigenvalue weighted by Crippen LogP contribution is 2.16. The van der Waals surface area contributed by atoms with E-state index < -0.39 is 6.10 Å². The van der Waals surface area contributed by atoms with Crippen LogP contribution < -0.4 is 5.32 Å². The Labute approximate surface area is 118 Å². The standard InChI is InChI=1S/C16H19NO3/c1-12-5-2-3-7-14(12)15(18)11-17-16(19)9-8-13-6-4-10-20-13/h2-7,10,15,18H,8-9,11H2,1H3,(H,17,19). The third kappa shape index (κ3) is 3.96. The first-order valence-electron chi connectivity index (χ1n) is 6.69. The molecule has 0 aliphatic rings. The van der Waals surface area contributed by atoms with E-state index in [0.717, 1.165) is 16.9 Å². The molecule has 0 aliphatic heterocycles. The minimum atomic E-state index is -0.677. The highest BCUT2D eigenvalue weighted by atomic mass is 16.3. The van der Waals surface area contributed by atoms with Crippen molar-refractivity contribution in [1.82, 2.24) is 5.32 Å². The third-order valence-corrected chi connectivity index (χ3v) is 3.22. The summed E-state index contributed by atoms with van der Waals surface area (Å²) in [5.74, 6) is 0.702. The van der Waals surface area contributed by atoms with Crippen LogP contribution in [0.5, 0.6) is 0 Å². The van der Waals surface area contributed by atoms with Gasteiger partial charge in [-0.3, -0.25) is 4.79 Å². The average molecular weight is 273 g/mol. The van der Waals surface area contributed by atoms with Gasteiger partial charge in [0.15, 0.2) is 0 Å². The topological polar surface area (TPSA) is 62.5 Å². The molecule has 0 aliphatic carbocycles. The highest BCUT2D eigenvalue weighted by molar-refractivity contribution is 5.76. The second kappa shape index (κ2) is 6.91. The smallest absolute Gasteiger partial charge is 0.220 e. The summed E-state index contributed by atoms with van der Waals surface area (Å²) in [7, 11) is 0. The van der Waals surface area contributed by atoms with Gasteiger partial charge >= 0.3 is 0 Å². The van der Waals surface area contributed by atoms with E-state index in [4.69, 9.17) is 4.42 Å². The zero-order valence-corrected chi connectivity index (χ0v) is 11.5. The third-order valence-electron chi connectivity index (χ3n) is 3.22. The molecule has 0 saturated carbocycles. The van der Waals surface area contributed by atoms with Crippen molar-refractivity contribution in [2.45, 2.75) is 25.9 Å². The molecule has 1 unspecified atom stereocenters. The minimum Gasteiger partial charge on any atom is -0.469 e. The lowest BCUT2D eigenvalue weighted by Gasteiger charge is -2.14. The Balaban J connectivity index is 1.77. The number of hydrogen-bond donors (Lipinski definition) is 2. The van der Waals surface area contributed by atoms with Gasteiger partial charge in [-0.2, -0.15) is 0 Å². The highest BCUT2D eigenvalue weighted by Gasteiger charge is 2.11. The number of carbonyl (C=O) groups excluding carboxylic acids is 1. The largest absolute Gasteiger partial charge is 0.469 e. The van der Waals surface area contributed by atoms with Crippen LogP contribution >= 0.6 is 0 Å². The second-order valence-corrected chi connectivity index (χ2v) is 4.76. The first-order valence-corrected chi connectivity index (χ1v) is 6.69. The first kappa shape index (κ1) is 14.3. The molecule has 1 atom stereocenters. The van der Waals surface area contributed by atoms with E-state index >= 15 is 0 Å².